The van der Waals surface area contributed by atoms with Gasteiger partial charge in [0.25, 0.3) is 5.92 Å². The number of phenolic OH excluding ortho intramolecular Hbond substituents is 1. The Kier molecular flexibility index (Phi) is 3.26. The van der Waals surface area contributed by atoms with E-state index in [1.54, 1.807) is 0 Å². The van der Waals surface area contributed by atoms with Gasteiger partial charge in [-0.15, -0.1) is 0 Å². The number of alkyl halides is 2. The van der Waals surface area contributed by atoms with E-state index in [0.29, 0.717) is 6.07 Å². The van der Waals surface area contributed by atoms with Gasteiger partial charge in [-0.1, -0.05) is 0 Å². The molecule has 0 aliphatic heterocycles. The molecule has 2 N–H and O–H groups in total. The smallest absolute Gasteiger partial charge is 0.311 e. The SMILES string of the molecule is O=C(O)CC(F)(F)c1ccc(O)c([N+](=O)[O-])c1. The summed E-state index contributed by atoms with van der Waals surface area (Å²) >= 11 is 0. The third kappa shape index (κ3) is 2.86. The molecule has 1 aromatic rings. The lowest BCUT2D eigenvalue weighted by Crippen LogP contribution is -2.18. The van der Waals surface area contributed by atoms with Crippen LogP contribution < -0.4 is 0 Å². The molecule has 0 amide bonds. The van der Waals surface area contributed by atoms with Crippen molar-refractivity contribution in [3.63, 3.8) is 0 Å². The summed E-state index contributed by atoms with van der Waals surface area (Å²) in [6, 6.07) is 1.92. The van der Waals surface area contributed by atoms with Crippen molar-refractivity contribution in [3.8, 4) is 5.75 Å². The van der Waals surface area contributed by atoms with Crippen molar-refractivity contribution < 1.29 is 28.7 Å². The van der Waals surface area contributed by atoms with Crippen molar-refractivity contribution >= 4 is 11.7 Å². The van der Waals surface area contributed by atoms with E-state index in [2.05, 4.69) is 0 Å². The molecule has 0 heterocycles. The molecule has 0 aliphatic rings. The molecule has 0 aromatic heterocycles. The van der Waals surface area contributed by atoms with Crippen LogP contribution in [0.5, 0.6) is 5.75 Å². The van der Waals surface area contributed by atoms with Crippen molar-refractivity contribution in [1.82, 2.24) is 0 Å². The number of carboxylic acid groups (broad SMARTS) is 1. The van der Waals surface area contributed by atoms with Gasteiger partial charge in [0.2, 0.25) is 0 Å². The molecular weight excluding hydrogens is 240 g/mol. The number of nitro groups is 1. The molecule has 8 heteroatoms. The summed E-state index contributed by atoms with van der Waals surface area (Å²) in [5.41, 5.74) is -1.73. The lowest BCUT2D eigenvalue weighted by atomic mass is 10.0. The van der Waals surface area contributed by atoms with Gasteiger partial charge in [0.1, 0.15) is 6.42 Å². The number of nitro benzene ring substituents is 1. The first-order valence-electron chi connectivity index (χ1n) is 4.31. The maximum absolute atomic E-state index is 13.3. The fourth-order valence-corrected chi connectivity index (χ4v) is 1.19. The lowest BCUT2D eigenvalue weighted by molar-refractivity contribution is -0.386. The number of nitrogens with zero attached hydrogens (tertiary/aromatic N) is 1. The molecular formula is C9H7F2NO5. The lowest BCUT2D eigenvalue weighted by Gasteiger charge is -2.14. The predicted molar refractivity (Wildman–Crippen MR) is 50.9 cm³/mol. The van der Waals surface area contributed by atoms with E-state index in [1.165, 1.54) is 0 Å². The molecule has 6 nitrogen and oxygen atoms in total. The van der Waals surface area contributed by atoms with Crippen LogP contribution >= 0.6 is 0 Å². The minimum atomic E-state index is -3.73. The number of halogens is 2. The molecule has 0 radical (unpaired) electrons. The second-order valence-corrected chi connectivity index (χ2v) is 3.24. The maximum Gasteiger partial charge on any atom is 0.311 e. The van der Waals surface area contributed by atoms with Gasteiger partial charge in [-0.3, -0.25) is 14.9 Å². The number of carbonyl (C=O) groups is 1. The number of phenols is 1. The zero-order valence-corrected chi connectivity index (χ0v) is 8.26. The summed E-state index contributed by atoms with van der Waals surface area (Å²) in [5, 5.41) is 27.7. The van der Waals surface area contributed by atoms with Crippen LogP contribution in [-0.2, 0) is 10.7 Å². The van der Waals surface area contributed by atoms with Crippen LogP contribution in [0.15, 0.2) is 18.2 Å². The standard InChI is InChI=1S/C9H7F2NO5/c10-9(11,4-8(14)15)5-1-2-7(13)6(3-5)12(16)17/h1-3,13H,4H2,(H,14,15). The third-order valence-corrected chi connectivity index (χ3v) is 1.97. The van der Waals surface area contributed by atoms with Crippen LogP contribution in [0.4, 0.5) is 14.5 Å². The van der Waals surface area contributed by atoms with E-state index in [4.69, 9.17) is 10.2 Å². The molecule has 0 bridgehead atoms. The Morgan fingerprint density at radius 3 is 2.53 bits per heavy atom. The summed E-state index contributed by atoms with van der Waals surface area (Å²) in [6.45, 7) is 0. The van der Waals surface area contributed by atoms with Crippen molar-refractivity contribution in [2.75, 3.05) is 0 Å². The Balaban J connectivity index is 3.19. The summed E-state index contributed by atoms with van der Waals surface area (Å²) < 4.78 is 26.6. The number of benzene rings is 1. The van der Waals surface area contributed by atoms with E-state index < -0.39 is 40.2 Å². The Morgan fingerprint density at radius 1 is 1.47 bits per heavy atom. The molecule has 0 unspecified atom stereocenters. The van der Waals surface area contributed by atoms with Gasteiger partial charge in [-0.2, -0.15) is 0 Å². The van der Waals surface area contributed by atoms with Gasteiger partial charge in [0.05, 0.1) is 4.92 Å². The minimum Gasteiger partial charge on any atom is -0.502 e. The Morgan fingerprint density at radius 2 is 2.06 bits per heavy atom. The average molecular weight is 247 g/mol. The zero-order valence-electron chi connectivity index (χ0n) is 8.26. The van der Waals surface area contributed by atoms with Crippen LogP contribution in [0.1, 0.15) is 12.0 Å². The third-order valence-electron chi connectivity index (χ3n) is 1.97. The van der Waals surface area contributed by atoms with Crippen molar-refractivity contribution in [2.24, 2.45) is 0 Å². The fourth-order valence-electron chi connectivity index (χ4n) is 1.19. The van der Waals surface area contributed by atoms with E-state index in [-0.39, 0.29) is 0 Å². The number of aliphatic carboxylic acids is 1. The van der Waals surface area contributed by atoms with Crippen molar-refractivity contribution in [3.05, 3.63) is 33.9 Å². The molecule has 17 heavy (non-hydrogen) atoms. The van der Waals surface area contributed by atoms with E-state index >= 15 is 0 Å². The molecule has 0 aliphatic carbocycles. The summed E-state index contributed by atoms with van der Waals surface area (Å²) in [4.78, 5) is 19.6. The highest BCUT2D eigenvalue weighted by Crippen LogP contribution is 2.36. The number of hydrogen-bond donors (Lipinski definition) is 2. The molecule has 1 rings (SSSR count). The van der Waals surface area contributed by atoms with Crippen molar-refractivity contribution in [1.29, 1.82) is 0 Å². The molecule has 0 saturated carbocycles. The topological polar surface area (TPSA) is 101 Å². The van der Waals surface area contributed by atoms with Crippen molar-refractivity contribution in [2.45, 2.75) is 12.3 Å². The van der Waals surface area contributed by atoms with Gasteiger partial charge in [0.15, 0.2) is 5.75 Å². The highest BCUT2D eigenvalue weighted by atomic mass is 19.3. The first kappa shape index (κ1) is 12.8. The molecule has 0 atom stereocenters. The highest BCUT2D eigenvalue weighted by molar-refractivity contribution is 5.68. The second-order valence-electron chi connectivity index (χ2n) is 3.24. The van der Waals surface area contributed by atoms with Crippen LogP contribution in [0.2, 0.25) is 0 Å². The number of aromatic hydroxyl groups is 1. The largest absolute Gasteiger partial charge is 0.502 e. The van der Waals surface area contributed by atoms with Gasteiger partial charge >= 0.3 is 11.7 Å². The quantitative estimate of drug-likeness (QED) is 0.624. The van der Waals surface area contributed by atoms with Crippen LogP contribution in [0.3, 0.4) is 0 Å². The maximum atomic E-state index is 13.3. The normalized spacial score (nSPS) is 11.2. The summed E-state index contributed by atoms with van der Waals surface area (Å²) in [7, 11) is 0. The first-order valence-corrected chi connectivity index (χ1v) is 4.31. The first-order chi connectivity index (χ1) is 7.74. The van der Waals surface area contributed by atoms with Crippen LogP contribution in [0.25, 0.3) is 0 Å². The molecule has 1 aromatic carbocycles. The van der Waals surface area contributed by atoms with Gasteiger partial charge in [-0.05, 0) is 12.1 Å². The number of rotatable bonds is 4. The van der Waals surface area contributed by atoms with E-state index in [0.717, 1.165) is 12.1 Å². The molecule has 0 saturated heterocycles. The van der Waals surface area contributed by atoms with Gasteiger partial charge in [0, 0.05) is 11.6 Å². The number of hydrogen-bond acceptors (Lipinski definition) is 4. The average Bonchev–Trinajstić information content (AvgIpc) is 2.15. The minimum absolute atomic E-state index is 0.457. The fraction of sp³-hybridized carbons (Fsp3) is 0.222. The van der Waals surface area contributed by atoms with Gasteiger partial charge in [-0.25, -0.2) is 8.78 Å². The van der Waals surface area contributed by atoms with E-state index in [1.807, 2.05) is 0 Å². The number of carboxylic acids is 1. The summed E-state index contributed by atoms with van der Waals surface area (Å²) in [5.74, 6) is -6.22. The Labute approximate surface area is 93.3 Å². The molecule has 0 spiro atoms. The Hall–Kier alpha value is -2.25. The predicted octanol–water partition coefficient (Wildman–Crippen LogP) is 1.87. The Bertz CT molecular complexity index is 474. The van der Waals surface area contributed by atoms with Gasteiger partial charge < -0.3 is 10.2 Å². The van der Waals surface area contributed by atoms with Crippen LogP contribution in [-0.4, -0.2) is 21.1 Å². The monoisotopic (exact) mass is 247 g/mol. The highest BCUT2D eigenvalue weighted by Gasteiger charge is 2.36. The van der Waals surface area contributed by atoms with Crippen LogP contribution in [0, 0.1) is 10.1 Å². The second kappa shape index (κ2) is 4.32. The van der Waals surface area contributed by atoms with E-state index in [9.17, 15) is 23.7 Å². The molecule has 92 valence electrons. The molecule has 0 fully saturated rings. The summed E-state index contributed by atoms with van der Waals surface area (Å²) in [6.07, 6.45) is -1.48. The zero-order chi connectivity index (χ0) is 13.2.